The summed E-state index contributed by atoms with van der Waals surface area (Å²) in [6.07, 6.45) is 17.0. The summed E-state index contributed by atoms with van der Waals surface area (Å²) in [7, 11) is 0. The first-order chi connectivity index (χ1) is 26.8. The maximum atomic E-state index is 12.4. The van der Waals surface area contributed by atoms with Crippen molar-refractivity contribution in [1.82, 2.24) is 0 Å². The molecular weight excluding hydrogens is 705 g/mol. The van der Waals surface area contributed by atoms with Crippen molar-refractivity contribution in [2.45, 2.75) is 158 Å². The van der Waals surface area contributed by atoms with Gasteiger partial charge in [-0.05, 0) is 73.6 Å². The van der Waals surface area contributed by atoms with Gasteiger partial charge in [0.1, 0.15) is 0 Å². The zero-order valence-electron chi connectivity index (χ0n) is 36.3. The zero-order valence-corrected chi connectivity index (χ0v) is 36.3. The van der Waals surface area contributed by atoms with Crippen LogP contribution >= 0.6 is 0 Å². The Morgan fingerprint density at radius 3 is 0.714 bits per heavy atom. The third-order valence-corrected chi connectivity index (χ3v) is 9.37. The van der Waals surface area contributed by atoms with E-state index in [2.05, 4.69) is 55.4 Å². The van der Waals surface area contributed by atoms with Crippen molar-refractivity contribution in [3.63, 3.8) is 0 Å². The molecule has 2 rings (SSSR count). The van der Waals surface area contributed by atoms with Gasteiger partial charge in [0, 0.05) is 0 Å². The molecule has 8 nitrogen and oxygen atoms in total. The van der Waals surface area contributed by atoms with Gasteiger partial charge in [-0.2, -0.15) is 0 Å². The van der Waals surface area contributed by atoms with E-state index in [1.807, 2.05) is 0 Å². The number of unbranched alkanes of at least 4 members (excludes halogenated alkanes) is 8. The number of carbonyl (C=O) groups excluding carboxylic acids is 4. The van der Waals surface area contributed by atoms with Crippen molar-refractivity contribution in [1.29, 1.82) is 0 Å². The molecule has 0 spiro atoms. The van der Waals surface area contributed by atoms with Crippen LogP contribution in [-0.4, -0.2) is 50.3 Å². The van der Waals surface area contributed by atoms with Gasteiger partial charge in [-0.25, -0.2) is 19.2 Å². The Balaban J connectivity index is 0.000000560. The average Bonchev–Trinajstić information content (AvgIpc) is 3.16. The molecule has 0 radical (unpaired) electrons. The Bertz CT molecular complexity index is 1160. The highest BCUT2D eigenvalue weighted by atomic mass is 16.5. The fourth-order valence-electron chi connectivity index (χ4n) is 5.97. The Hall–Kier alpha value is -3.68. The molecule has 2 aromatic rings. The van der Waals surface area contributed by atoms with E-state index in [0.29, 0.717) is 50.1 Å². The second kappa shape index (κ2) is 31.4. The van der Waals surface area contributed by atoms with Crippen LogP contribution in [0.3, 0.4) is 0 Å². The van der Waals surface area contributed by atoms with E-state index in [4.69, 9.17) is 18.9 Å². The molecule has 2 aromatic carbocycles. The van der Waals surface area contributed by atoms with Crippen LogP contribution in [0.15, 0.2) is 48.5 Å². The third-order valence-electron chi connectivity index (χ3n) is 9.37. The van der Waals surface area contributed by atoms with E-state index >= 15 is 0 Å². The maximum Gasteiger partial charge on any atom is 0.339 e. The molecule has 316 valence electrons. The number of ether oxygens (including phenoxy) is 4. The van der Waals surface area contributed by atoms with E-state index in [1.165, 1.54) is 25.7 Å². The minimum absolute atomic E-state index is 0.287. The molecule has 0 saturated carbocycles. The van der Waals surface area contributed by atoms with Gasteiger partial charge >= 0.3 is 23.9 Å². The van der Waals surface area contributed by atoms with E-state index in [-0.39, 0.29) is 22.3 Å². The Morgan fingerprint density at radius 1 is 0.339 bits per heavy atom. The summed E-state index contributed by atoms with van der Waals surface area (Å²) >= 11 is 0. The lowest BCUT2D eigenvalue weighted by molar-refractivity contribution is 0.0450. The first-order valence-corrected chi connectivity index (χ1v) is 21.7. The van der Waals surface area contributed by atoms with Gasteiger partial charge in [-0.15, -0.1) is 0 Å². The molecule has 0 bridgehead atoms. The van der Waals surface area contributed by atoms with Crippen LogP contribution in [0.25, 0.3) is 0 Å². The quantitative estimate of drug-likeness (QED) is 0.0477. The lowest BCUT2D eigenvalue weighted by Gasteiger charge is -2.10. The largest absolute Gasteiger partial charge is 0.462 e. The van der Waals surface area contributed by atoms with Crippen LogP contribution in [0.1, 0.15) is 200 Å². The smallest absolute Gasteiger partial charge is 0.339 e. The molecular formula is C48H76O8. The lowest BCUT2D eigenvalue weighted by Crippen LogP contribution is -2.15. The number of hydrogen-bond acceptors (Lipinski definition) is 8. The predicted octanol–water partition coefficient (Wildman–Crippen LogP) is 12.9. The van der Waals surface area contributed by atoms with Gasteiger partial charge in [0.05, 0.1) is 48.7 Å². The number of hydrogen-bond donors (Lipinski definition) is 0. The lowest BCUT2D eigenvalue weighted by atomic mass is 10.1. The van der Waals surface area contributed by atoms with Crippen LogP contribution in [0.5, 0.6) is 0 Å². The first kappa shape index (κ1) is 50.3. The first-order valence-electron chi connectivity index (χ1n) is 21.7. The topological polar surface area (TPSA) is 105 Å². The van der Waals surface area contributed by atoms with Crippen molar-refractivity contribution < 1.29 is 38.1 Å². The van der Waals surface area contributed by atoms with Crippen LogP contribution in [-0.2, 0) is 18.9 Å². The van der Waals surface area contributed by atoms with Gasteiger partial charge in [0.2, 0.25) is 0 Å². The van der Waals surface area contributed by atoms with Gasteiger partial charge in [0.15, 0.2) is 0 Å². The predicted molar refractivity (Wildman–Crippen MR) is 227 cm³/mol. The Morgan fingerprint density at radius 2 is 0.536 bits per heavy atom. The van der Waals surface area contributed by atoms with Crippen LogP contribution in [0.4, 0.5) is 0 Å². The fraction of sp³-hybridized carbons (Fsp3) is 0.667. The minimum Gasteiger partial charge on any atom is -0.462 e. The van der Waals surface area contributed by atoms with Crippen molar-refractivity contribution in [2.24, 2.45) is 23.7 Å². The molecule has 0 fully saturated rings. The molecule has 0 aliphatic rings. The standard InChI is InChI=1S/2C24H38O4/c2*1-19(2)13-7-5-11-17-27-23(25)21-15-9-10-16-22(21)24(26)28-18-12-6-8-14-20(3)4/h2*9-10,15-16,19-20H,5-8,11-14,17-18H2,1-4H3. The van der Waals surface area contributed by atoms with Crippen LogP contribution < -0.4 is 0 Å². The Labute approximate surface area is 340 Å². The van der Waals surface area contributed by atoms with Gasteiger partial charge < -0.3 is 18.9 Å². The molecule has 56 heavy (non-hydrogen) atoms. The van der Waals surface area contributed by atoms with Crippen LogP contribution in [0, 0.1) is 23.7 Å². The number of benzene rings is 2. The van der Waals surface area contributed by atoms with E-state index in [0.717, 1.165) is 77.0 Å². The second-order valence-electron chi connectivity index (χ2n) is 16.6. The number of rotatable bonds is 28. The highest BCUT2D eigenvalue weighted by Gasteiger charge is 2.20. The molecule has 0 aliphatic heterocycles. The molecule has 0 saturated heterocycles. The van der Waals surface area contributed by atoms with Crippen LogP contribution in [0.2, 0.25) is 0 Å². The second-order valence-corrected chi connectivity index (χ2v) is 16.6. The fourth-order valence-corrected chi connectivity index (χ4v) is 5.97. The highest BCUT2D eigenvalue weighted by Crippen LogP contribution is 2.16. The summed E-state index contributed by atoms with van der Waals surface area (Å²) in [5, 5.41) is 0. The molecule has 0 heterocycles. The van der Waals surface area contributed by atoms with Crippen molar-refractivity contribution in [3.05, 3.63) is 70.8 Å². The molecule has 0 unspecified atom stereocenters. The minimum atomic E-state index is -0.451. The van der Waals surface area contributed by atoms with Crippen molar-refractivity contribution in [2.75, 3.05) is 26.4 Å². The summed E-state index contributed by atoms with van der Waals surface area (Å²) < 4.78 is 21.4. The molecule has 0 aliphatic carbocycles. The molecule has 0 N–H and O–H groups in total. The normalized spacial score (nSPS) is 11.1. The number of esters is 4. The summed E-state index contributed by atoms with van der Waals surface area (Å²) in [5.74, 6) is 1.01. The third kappa shape index (κ3) is 24.8. The van der Waals surface area contributed by atoms with E-state index in [9.17, 15) is 19.2 Å². The van der Waals surface area contributed by atoms with E-state index in [1.54, 1.807) is 48.5 Å². The zero-order chi connectivity index (χ0) is 41.6. The van der Waals surface area contributed by atoms with E-state index < -0.39 is 23.9 Å². The summed E-state index contributed by atoms with van der Waals surface area (Å²) in [5.41, 5.74) is 1.15. The Kier molecular flexibility index (Phi) is 28.2. The summed E-state index contributed by atoms with van der Waals surface area (Å²) in [4.78, 5) is 49.4. The maximum absolute atomic E-state index is 12.4. The van der Waals surface area contributed by atoms with Gasteiger partial charge in [-0.1, -0.05) is 157 Å². The monoisotopic (exact) mass is 781 g/mol. The molecule has 8 heteroatoms. The summed E-state index contributed by atoms with van der Waals surface area (Å²) in [6, 6.07) is 13.5. The summed E-state index contributed by atoms with van der Waals surface area (Å²) in [6.45, 7) is 19.2. The number of carbonyl (C=O) groups is 4. The molecule has 0 amide bonds. The molecule has 0 aromatic heterocycles. The van der Waals surface area contributed by atoms with Gasteiger partial charge in [0.25, 0.3) is 0 Å². The highest BCUT2D eigenvalue weighted by molar-refractivity contribution is 6.03. The van der Waals surface area contributed by atoms with Crippen molar-refractivity contribution in [3.8, 4) is 0 Å². The average molecular weight is 781 g/mol. The SMILES string of the molecule is CC(C)CCCCCOC(=O)c1ccccc1C(=O)OCCCCCC(C)C.CC(C)CCCCCOC(=O)c1ccccc1C(=O)OCCCCCC(C)C. The molecule has 0 atom stereocenters. The van der Waals surface area contributed by atoms with Gasteiger partial charge in [-0.3, -0.25) is 0 Å². The van der Waals surface area contributed by atoms with Crippen molar-refractivity contribution >= 4 is 23.9 Å².